The third-order valence-corrected chi connectivity index (χ3v) is 6.17. The van der Waals surface area contributed by atoms with Crippen LogP contribution in [0.1, 0.15) is 42.5 Å². The summed E-state index contributed by atoms with van der Waals surface area (Å²) in [4.78, 5) is 17.1. The van der Waals surface area contributed by atoms with Gasteiger partial charge in [-0.2, -0.15) is 0 Å². The normalized spacial score (nSPS) is 26.4. The second-order valence-electron chi connectivity index (χ2n) is 7.98. The summed E-state index contributed by atoms with van der Waals surface area (Å²) in [6.45, 7) is 5.99. The molecule has 5 heteroatoms. The number of ether oxygens (including phenoxy) is 1. The van der Waals surface area contributed by atoms with Crippen molar-refractivity contribution >= 4 is 5.91 Å². The molecule has 0 aromatic heterocycles. The van der Waals surface area contributed by atoms with Crippen molar-refractivity contribution in [2.45, 2.75) is 38.2 Å². The van der Waals surface area contributed by atoms with Crippen LogP contribution in [-0.2, 0) is 4.74 Å². The molecule has 0 bridgehead atoms. The van der Waals surface area contributed by atoms with Crippen LogP contribution in [0.15, 0.2) is 24.3 Å². The van der Waals surface area contributed by atoms with E-state index in [1.54, 1.807) is 24.3 Å². The number of likely N-dealkylation sites (tertiary alicyclic amines) is 2. The van der Waals surface area contributed by atoms with E-state index in [9.17, 15) is 9.90 Å². The summed E-state index contributed by atoms with van der Waals surface area (Å²) in [5, 5.41) is 9.37. The van der Waals surface area contributed by atoms with Crippen LogP contribution in [0.4, 0.5) is 0 Å². The number of amides is 1. The third kappa shape index (κ3) is 3.67. The van der Waals surface area contributed by atoms with Gasteiger partial charge in [-0.3, -0.25) is 4.79 Å². The Bertz CT molecular complexity index is 602. The first-order valence-electron chi connectivity index (χ1n) is 9.56. The Morgan fingerprint density at radius 1 is 1.12 bits per heavy atom. The van der Waals surface area contributed by atoms with Crippen LogP contribution in [0.2, 0.25) is 0 Å². The number of hydrogen-bond acceptors (Lipinski definition) is 4. The lowest BCUT2D eigenvalue weighted by Crippen LogP contribution is -2.43. The fourth-order valence-electron chi connectivity index (χ4n) is 4.59. The van der Waals surface area contributed by atoms with E-state index in [0.29, 0.717) is 11.7 Å². The zero-order valence-corrected chi connectivity index (χ0v) is 14.8. The van der Waals surface area contributed by atoms with Crippen LogP contribution in [0.5, 0.6) is 5.75 Å². The first kappa shape index (κ1) is 16.9. The molecule has 25 heavy (non-hydrogen) atoms. The zero-order chi connectivity index (χ0) is 17.3. The van der Waals surface area contributed by atoms with Gasteiger partial charge >= 0.3 is 0 Å². The number of benzene rings is 1. The van der Waals surface area contributed by atoms with Crippen LogP contribution in [0, 0.1) is 5.41 Å². The van der Waals surface area contributed by atoms with Gasteiger partial charge in [0.1, 0.15) is 5.75 Å². The summed E-state index contributed by atoms with van der Waals surface area (Å²) in [5.41, 5.74) is 0.930. The van der Waals surface area contributed by atoms with Crippen molar-refractivity contribution in [1.82, 2.24) is 9.80 Å². The fraction of sp³-hybridized carbons (Fsp3) is 0.650. The Labute approximate surface area is 149 Å². The predicted octanol–water partition coefficient (Wildman–Crippen LogP) is 2.50. The van der Waals surface area contributed by atoms with Crippen LogP contribution >= 0.6 is 0 Å². The largest absolute Gasteiger partial charge is 0.508 e. The molecule has 1 aromatic carbocycles. The van der Waals surface area contributed by atoms with Gasteiger partial charge in [-0.1, -0.05) is 0 Å². The smallest absolute Gasteiger partial charge is 0.253 e. The van der Waals surface area contributed by atoms with Gasteiger partial charge in [-0.05, 0) is 74.9 Å². The maximum atomic E-state index is 12.6. The maximum Gasteiger partial charge on any atom is 0.253 e. The quantitative estimate of drug-likeness (QED) is 0.915. The lowest BCUT2D eigenvalue weighted by Gasteiger charge is -2.38. The number of nitrogens with zero attached hydrogens (tertiary/aromatic N) is 2. The van der Waals surface area contributed by atoms with Crippen LogP contribution in [0.25, 0.3) is 0 Å². The van der Waals surface area contributed by atoms with E-state index in [1.165, 1.54) is 25.9 Å². The molecule has 1 aromatic rings. The molecule has 3 heterocycles. The SMILES string of the molecule is O=C(c1ccc(O)cc1)N1CCC2(CC1)CO[C@@H](CN1CCCC1)C2. The highest BCUT2D eigenvalue weighted by Crippen LogP contribution is 2.42. The molecule has 1 atom stereocenters. The molecule has 3 aliphatic heterocycles. The molecule has 3 saturated heterocycles. The van der Waals surface area contributed by atoms with E-state index in [-0.39, 0.29) is 17.1 Å². The molecule has 0 saturated carbocycles. The van der Waals surface area contributed by atoms with Gasteiger partial charge < -0.3 is 19.6 Å². The highest BCUT2D eigenvalue weighted by molar-refractivity contribution is 5.94. The van der Waals surface area contributed by atoms with Crippen molar-refractivity contribution in [3.63, 3.8) is 0 Å². The zero-order valence-electron chi connectivity index (χ0n) is 14.8. The molecule has 1 spiro atoms. The predicted molar refractivity (Wildman–Crippen MR) is 95.7 cm³/mol. The van der Waals surface area contributed by atoms with Gasteiger partial charge in [-0.25, -0.2) is 0 Å². The minimum absolute atomic E-state index is 0.0717. The molecule has 5 nitrogen and oxygen atoms in total. The summed E-state index contributed by atoms with van der Waals surface area (Å²) in [5.74, 6) is 0.267. The second-order valence-corrected chi connectivity index (χ2v) is 7.98. The van der Waals surface area contributed by atoms with Crippen molar-refractivity contribution in [2.75, 3.05) is 39.3 Å². The molecular formula is C20H28N2O3. The average molecular weight is 344 g/mol. The number of hydrogen-bond donors (Lipinski definition) is 1. The maximum absolute atomic E-state index is 12.6. The number of phenols is 1. The van der Waals surface area contributed by atoms with Crippen molar-refractivity contribution in [3.8, 4) is 5.75 Å². The second kappa shape index (κ2) is 6.96. The number of phenolic OH excluding ortho intramolecular Hbond substituents is 1. The standard InChI is InChI=1S/C20H28N2O3/c23-17-5-3-16(4-6-17)19(24)22-11-7-20(8-12-22)13-18(25-15-20)14-21-9-1-2-10-21/h3-6,18,23H,1-2,7-15H2/t18-/m1/s1. The Morgan fingerprint density at radius 3 is 2.48 bits per heavy atom. The van der Waals surface area contributed by atoms with E-state index in [4.69, 9.17) is 4.74 Å². The summed E-state index contributed by atoms with van der Waals surface area (Å²) in [6.07, 6.45) is 6.24. The molecule has 3 aliphatic rings. The Balaban J connectivity index is 1.30. The van der Waals surface area contributed by atoms with Crippen LogP contribution in [0.3, 0.4) is 0 Å². The molecule has 1 N–H and O–H groups in total. The summed E-state index contributed by atoms with van der Waals surface area (Å²) in [6, 6.07) is 6.55. The van der Waals surface area contributed by atoms with E-state index >= 15 is 0 Å². The Kier molecular flexibility index (Phi) is 4.69. The molecule has 0 aliphatic carbocycles. The number of carbonyl (C=O) groups is 1. The number of aromatic hydroxyl groups is 1. The number of piperidine rings is 1. The third-order valence-electron chi connectivity index (χ3n) is 6.17. The van der Waals surface area contributed by atoms with Gasteiger partial charge in [0.05, 0.1) is 12.7 Å². The van der Waals surface area contributed by atoms with Crippen molar-refractivity contribution in [1.29, 1.82) is 0 Å². The van der Waals surface area contributed by atoms with Gasteiger partial charge in [0.2, 0.25) is 0 Å². The number of rotatable bonds is 3. The first-order chi connectivity index (χ1) is 12.1. The van der Waals surface area contributed by atoms with Crippen molar-refractivity contribution < 1.29 is 14.6 Å². The minimum Gasteiger partial charge on any atom is -0.508 e. The van der Waals surface area contributed by atoms with Crippen molar-refractivity contribution in [3.05, 3.63) is 29.8 Å². The fourth-order valence-corrected chi connectivity index (χ4v) is 4.59. The molecule has 4 rings (SSSR count). The van der Waals surface area contributed by atoms with Crippen molar-refractivity contribution in [2.24, 2.45) is 5.41 Å². The van der Waals surface area contributed by atoms with E-state index in [1.807, 2.05) is 4.90 Å². The number of carbonyl (C=O) groups excluding carboxylic acids is 1. The summed E-state index contributed by atoms with van der Waals surface area (Å²) < 4.78 is 6.13. The molecule has 0 radical (unpaired) electrons. The van der Waals surface area contributed by atoms with Crippen LogP contribution in [-0.4, -0.2) is 66.2 Å². The van der Waals surface area contributed by atoms with Gasteiger partial charge in [0.15, 0.2) is 0 Å². The van der Waals surface area contributed by atoms with Gasteiger partial charge in [-0.15, -0.1) is 0 Å². The molecule has 1 amide bonds. The van der Waals surface area contributed by atoms with Gasteiger partial charge in [0.25, 0.3) is 5.91 Å². The molecule has 3 fully saturated rings. The molecule has 0 unspecified atom stereocenters. The lowest BCUT2D eigenvalue weighted by atomic mass is 9.76. The van der Waals surface area contributed by atoms with E-state index in [0.717, 1.165) is 45.5 Å². The lowest BCUT2D eigenvalue weighted by molar-refractivity contribution is 0.0460. The Morgan fingerprint density at radius 2 is 1.80 bits per heavy atom. The Hall–Kier alpha value is -1.59. The molecule has 136 valence electrons. The highest BCUT2D eigenvalue weighted by Gasteiger charge is 2.43. The van der Waals surface area contributed by atoms with Gasteiger partial charge in [0, 0.05) is 25.2 Å². The summed E-state index contributed by atoms with van der Waals surface area (Å²) >= 11 is 0. The van der Waals surface area contributed by atoms with Crippen LogP contribution < -0.4 is 0 Å². The molecular weight excluding hydrogens is 316 g/mol. The van der Waals surface area contributed by atoms with E-state index < -0.39 is 0 Å². The monoisotopic (exact) mass is 344 g/mol. The average Bonchev–Trinajstić information content (AvgIpc) is 3.27. The summed E-state index contributed by atoms with van der Waals surface area (Å²) in [7, 11) is 0. The minimum atomic E-state index is 0.0717. The first-order valence-corrected chi connectivity index (χ1v) is 9.56. The topological polar surface area (TPSA) is 53.0 Å². The highest BCUT2D eigenvalue weighted by atomic mass is 16.5. The van der Waals surface area contributed by atoms with E-state index in [2.05, 4.69) is 4.90 Å².